The average molecular weight is 387 g/mol. The minimum Gasteiger partial charge on any atom is -0.337 e. The van der Waals surface area contributed by atoms with Crippen LogP contribution < -0.4 is 5.32 Å². The zero-order valence-electron chi connectivity index (χ0n) is 16.1. The zero-order valence-corrected chi connectivity index (χ0v) is 16.1. The third kappa shape index (κ3) is 4.11. The van der Waals surface area contributed by atoms with Gasteiger partial charge in [-0.05, 0) is 50.5 Å². The van der Waals surface area contributed by atoms with Crippen molar-refractivity contribution < 1.29 is 9.32 Å². The molecule has 0 bridgehead atoms. The second-order valence-electron chi connectivity index (χ2n) is 7.15. The Morgan fingerprint density at radius 1 is 1.17 bits per heavy atom. The highest BCUT2D eigenvalue weighted by Crippen LogP contribution is 2.31. The summed E-state index contributed by atoms with van der Waals surface area (Å²) in [5.74, 6) is 0.980. The number of aromatic nitrogens is 2. The number of amides is 2. The molecule has 7 heteroatoms. The van der Waals surface area contributed by atoms with Crippen LogP contribution in [0, 0.1) is 18.3 Å². The van der Waals surface area contributed by atoms with Crippen LogP contribution in [0.3, 0.4) is 0 Å². The number of carbonyl (C=O) groups is 1. The van der Waals surface area contributed by atoms with Gasteiger partial charge >= 0.3 is 6.03 Å². The molecule has 2 amide bonds. The number of carbonyl (C=O) groups excluding carboxylic acids is 1. The van der Waals surface area contributed by atoms with E-state index in [1.165, 1.54) is 0 Å². The SMILES string of the molecule is Cc1ccc(-c2noc([C@@H]3CCCCN3C(=O)Nc3ccc(C#N)cc3)n2)cc1. The van der Waals surface area contributed by atoms with Crippen LogP contribution in [-0.4, -0.2) is 27.6 Å². The lowest BCUT2D eigenvalue weighted by atomic mass is 10.0. The van der Waals surface area contributed by atoms with Gasteiger partial charge in [-0.3, -0.25) is 0 Å². The Bertz CT molecular complexity index is 1030. The van der Waals surface area contributed by atoms with Gasteiger partial charge in [-0.1, -0.05) is 35.0 Å². The van der Waals surface area contributed by atoms with Crippen molar-refractivity contribution in [3.05, 3.63) is 65.5 Å². The lowest BCUT2D eigenvalue weighted by Crippen LogP contribution is -2.41. The number of rotatable bonds is 3. The minimum absolute atomic E-state index is 0.213. The number of hydrogen-bond donors (Lipinski definition) is 1. The van der Waals surface area contributed by atoms with E-state index in [2.05, 4.69) is 21.5 Å². The summed E-state index contributed by atoms with van der Waals surface area (Å²) in [4.78, 5) is 19.2. The summed E-state index contributed by atoms with van der Waals surface area (Å²) in [5, 5.41) is 15.9. The fourth-order valence-corrected chi connectivity index (χ4v) is 3.45. The van der Waals surface area contributed by atoms with Crippen molar-refractivity contribution in [2.24, 2.45) is 0 Å². The molecule has 1 N–H and O–H groups in total. The third-order valence-corrected chi connectivity index (χ3v) is 5.07. The largest absolute Gasteiger partial charge is 0.337 e. The highest BCUT2D eigenvalue weighted by molar-refractivity contribution is 5.89. The molecular formula is C22H21N5O2. The van der Waals surface area contributed by atoms with Gasteiger partial charge in [0.15, 0.2) is 0 Å². The topological polar surface area (TPSA) is 95.0 Å². The molecule has 1 aromatic heterocycles. The molecule has 0 saturated carbocycles. The Balaban J connectivity index is 1.52. The van der Waals surface area contributed by atoms with Crippen molar-refractivity contribution >= 4 is 11.7 Å². The van der Waals surface area contributed by atoms with Crippen molar-refractivity contribution in [2.45, 2.75) is 32.2 Å². The van der Waals surface area contributed by atoms with E-state index < -0.39 is 0 Å². The number of nitriles is 1. The summed E-state index contributed by atoms with van der Waals surface area (Å²) in [6, 6.07) is 16.3. The molecule has 2 heterocycles. The van der Waals surface area contributed by atoms with E-state index >= 15 is 0 Å². The Morgan fingerprint density at radius 3 is 2.66 bits per heavy atom. The lowest BCUT2D eigenvalue weighted by Gasteiger charge is -2.33. The number of likely N-dealkylation sites (tertiary alicyclic amines) is 1. The van der Waals surface area contributed by atoms with Crippen molar-refractivity contribution in [3.8, 4) is 17.5 Å². The molecular weight excluding hydrogens is 366 g/mol. The Kier molecular flexibility index (Phi) is 5.25. The molecule has 2 aromatic carbocycles. The number of anilines is 1. The third-order valence-electron chi connectivity index (χ3n) is 5.07. The van der Waals surface area contributed by atoms with Crippen LogP contribution in [0.15, 0.2) is 53.1 Å². The van der Waals surface area contributed by atoms with E-state index in [1.54, 1.807) is 29.2 Å². The monoisotopic (exact) mass is 387 g/mol. The number of urea groups is 1. The molecule has 0 radical (unpaired) electrons. The lowest BCUT2D eigenvalue weighted by molar-refractivity contribution is 0.142. The van der Waals surface area contributed by atoms with Gasteiger partial charge in [-0.15, -0.1) is 0 Å². The molecule has 0 aliphatic carbocycles. The molecule has 146 valence electrons. The number of aryl methyl sites for hydroxylation is 1. The Hall–Kier alpha value is -3.66. The number of hydrogen-bond acceptors (Lipinski definition) is 5. The van der Waals surface area contributed by atoms with Crippen molar-refractivity contribution in [1.29, 1.82) is 5.26 Å². The summed E-state index contributed by atoms with van der Waals surface area (Å²) in [6.07, 6.45) is 2.69. The van der Waals surface area contributed by atoms with E-state index in [0.29, 0.717) is 29.5 Å². The van der Waals surface area contributed by atoms with Gasteiger partial charge in [0.05, 0.1) is 11.6 Å². The summed E-state index contributed by atoms with van der Waals surface area (Å²) < 4.78 is 5.53. The van der Waals surface area contributed by atoms with Crippen LogP contribution in [0.5, 0.6) is 0 Å². The Labute approximate surface area is 169 Å². The zero-order chi connectivity index (χ0) is 20.2. The summed E-state index contributed by atoms with van der Waals surface area (Å²) in [7, 11) is 0. The second-order valence-corrected chi connectivity index (χ2v) is 7.15. The van der Waals surface area contributed by atoms with Crippen molar-refractivity contribution in [2.75, 3.05) is 11.9 Å². The first kappa shape index (κ1) is 18.7. The summed E-state index contributed by atoms with van der Waals surface area (Å²) in [6.45, 7) is 2.65. The normalized spacial score (nSPS) is 16.3. The maximum absolute atomic E-state index is 12.9. The highest BCUT2D eigenvalue weighted by Gasteiger charge is 2.32. The van der Waals surface area contributed by atoms with Crippen molar-refractivity contribution in [1.82, 2.24) is 15.0 Å². The predicted octanol–water partition coefficient (Wildman–Crippen LogP) is 4.68. The fourth-order valence-electron chi connectivity index (χ4n) is 3.45. The van der Waals surface area contributed by atoms with Gasteiger partial charge in [0.2, 0.25) is 11.7 Å². The van der Waals surface area contributed by atoms with Gasteiger partial charge < -0.3 is 14.7 Å². The van der Waals surface area contributed by atoms with Crippen LogP contribution in [0.2, 0.25) is 0 Å². The van der Waals surface area contributed by atoms with Gasteiger partial charge in [-0.25, -0.2) is 4.79 Å². The molecule has 1 aliphatic heterocycles. The molecule has 0 spiro atoms. The van der Waals surface area contributed by atoms with E-state index in [4.69, 9.17) is 9.78 Å². The number of nitrogens with one attached hydrogen (secondary N) is 1. The Morgan fingerprint density at radius 2 is 1.93 bits per heavy atom. The second kappa shape index (κ2) is 8.15. The predicted molar refractivity (Wildman–Crippen MR) is 108 cm³/mol. The van der Waals surface area contributed by atoms with Gasteiger partial charge in [0.1, 0.15) is 6.04 Å². The van der Waals surface area contributed by atoms with Crippen LogP contribution in [0.25, 0.3) is 11.4 Å². The molecule has 7 nitrogen and oxygen atoms in total. The molecule has 29 heavy (non-hydrogen) atoms. The standard InChI is InChI=1S/C22H21N5O2/c1-15-5-9-17(10-6-15)20-25-21(29-26-20)19-4-2-3-13-27(19)22(28)24-18-11-7-16(14-23)8-12-18/h5-12,19H,2-4,13H2,1H3,(H,24,28)/t19-/m0/s1. The number of nitrogens with zero attached hydrogens (tertiary/aromatic N) is 4. The van der Waals surface area contributed by atoms with Crippen LogP contribution in [0.4, 0.5) is 10.5 Å². The van der Waals surface area contributed by atoms with E-state index in [-0.39, 0.29) is 12.1 Å². The smallest absolute Gasteiger partial charge is 0.322 e. The average Bonchev–Trinajstić information content (AvgIpc) is 3.25. The van der Waals surface area contributed by atoms with E-state index in [0.717, 1.165) is 30.4 Å². The molecule has 1 atom stereocenters. The maximum Gasteiger partial charge on any atom is 0.322 e. The first-order chi connectivity index (χ1) is 14.1. The minimum atomic E-state index is -0.256. The van der Waals surface area contributed by atoms with Crippen LogP contribution >= 0.6 is 0 Å². The summed E-state index contributed by atoms with van der Waals surface area (Å²) >= 11 is 0. The fraction of sp³-hybridized carbons (Fsp3) is 0.273. The summed E-state index contributed by atoms with van der Waals surface area (Å²) in [5.41, 5.74) is 3.24. The molecule has 4 rings (SSSR count). The maximum atomic E-state index is 12.9. The van der Waals surface area contributed by atoms with Crippen molar-refractivity contribution in [3.63, 3.8) is 0 Å². The number of piperidine rings is 1. The van der Waals surface area contributed by atoms with Gasteiger partial charge in [-0.2, -0.15) is 10.2 Å². The van der Waals surface area contributed by atoms with E-state index in [9.17, 15) is 4.79 Å². The highest BCUT2D eigenvalue weighted by atomic mass is 16.5. The quantitative estimate of drug-likeness (QED) is 0.704. The van der Waals surface area contributed by atoms with Crippen LogP contribution in [0.1, 0.15) is 42.3 Å². The molecule has 1 aliphatic rings. The van der Waals surface area contributed by atoms with E-state index in [1.807, 2.05) is 31.2 Å². The van der Waals surface area contributed by atoms with Gasteiger partial charge in [0, 0.05) is 17.8 Å². The first-order valence-corrected chi connectivity index (χ1v) is 9.62. The number of benzene rings is 2. The molecule has 1 fully saturated rings. The van der Waals surface area contributed by atoms with Crippen LogP contribution in [-0.2, 0) is 0 Å². The first-order valence-electron chi connectivity index (χ1n) is 9.62. The molecule has 3 aromatic rings. The molecule has 1 saturated heterocycles. The molecule has 0 unspecified atom stereocenters. The van der Waals surface area contributed by atoms with Gasteiger partial charge in [0.25, 0.3) is 0 Å².